The number of hydrogen-bond donors (Lipinski definition) is 0. The second-order valence-corrected chi connectivity index (χ2v) is 7.66. The summed E-state index contributed by atoms with van der Waals surface area (Å²) in [6.07, 6.45) is 0. The quantitative estimate of drug-likeness (QED) is 0.662. The zero-order valence-corrected chi connectivity index (χ0v) is 16.4. The fourth-order valence-electron chi connectivity index (χ4n) is 3.86. The van der Waals surface area contributed by atoms with E-state index >= 15 is 0 Å². The molecule has 2 heterocycles. The van der Waals surface area contributed by atoms with Crippen molar-refractivity contribution in [2.75, 3.05) is 36.0 Å². The lowest BCUT2D eigenvalue weighted by molar-refractivity contribution is -0.330. The molecule has 0 amide bonds. The molecule has 0 saturated carbocycles. The lowest BCUT2D eigenvalue weighted by Crippen LogP contribution is -2.48. The van der Waals surface area contributed by atoms with Crippen LogP contribution >= 0.6 is 11.6 Å². The Bertz CT molecular complexity index is 959. The third-order valence-electron chi connectivity index (χ3n) is 5.56. The molecule has 3 aromatic rings. The van der Waals surface area contributed by atoms with Crippen molar-refractivity contribution in [2.24, 2.45) is 0 Å². The van der Waals surface area contributed by atoms with Crippen LogP contribution in [0.4, 0.5) is 11.5 Å². The molecule has 1 aromatic heterocycles. The lowest BCUT2D eigenvalue weighted by atomic mass is 10.1. The average Bonchev–Trinajstić information content (AvgIpc) is 2.64. The molecule has 4 rings (SSSR count). The van der Waals surface area contributed by atoms with Gasteiger partial charge in [-0.15, -0.1) is 0 Å². The van der Waals surface area contributed by atoms with E-state index in [1.807, 2.05) is 12.1 Å². The minimum absolute atomic E-state index is 0.769. The van der Waals surface area contributed by atoms with Gasteiger partial charge < -0.3 is 4.90 Å². The Morgan fingerprint density at radius 2 is 1.58 bits per heavy atom. The van der Waals surface area contributed by atoms with Crippen LogP contribution in [0.2, 0.25) is 5.02 Å². The Balaban J connectivity index is 1.56. The number of pyridine rings is 1. The number of nitrogens with zero attached hydrogens (tertiary/aromatic N) is 2. The van der Waals surface area contributed by atoms with Gasteiger partial charge in [-0.1, -0.05) is 23.7 Å². The van der Waals surface area contributed by atoms with Gasteiger partial charge in [0, 0.05) is 28.2 Å². The van der Waals surface area contributed by atoms with Crippen molar-refractivity contribution in [3.05, 3.63) is 64.2 Å². The Kier molecular flexibility index (Phi) is 4.49. The van der Waals surface area contributed by atoms with Gasteiger partial charge in [0.1, 0.15) is 18.6 Å². The van der Waals surface area contributed by atoms with E-state index < -0.39 is 0 Å². The van der Waals surface area contributed by atoms with Crippen LogP contribution in [0.3, 0.4) is 0 Å². The first kappa shape index (κ1) is 17.2. The molecule has 0 aliphatic carbocycles. The van der Waals surface area contributed by atoms with Gasteiger partial charge in [0.05, 0.1) is 13.1 Å². The molecule has 26 heavy (non-hydrogen) atoms. The monoisotopic (exact) mass is 366 g/mol. The van der Waals surface area contributed by atoms with Gasteiger partial charge in [0.15, 0.2) is 0 Å². The third kappa shape index (κ3) is 3.12. The van der Waals surface area contributed by atoms with Crippen LogP contribution in [0.5, 0.6) is 0 Å². The highest BCUT2D eigenvalue weighted by Gasteiger charge is 2.25. The Hall–Kier alpha value is -2.26. The van der Waals surface area contributed by atoms with Crippen molar-refractivity contribution in [1.82, 2.24) is 0 Å². The predicted molar refractivity (Wildman–Crippen MR) is 111 cm³/mol. The van der Waals surface area contributed by atoms with E-state index in [-0.39, 0.29) is 0 Å². The molecular formula is C22H25ClN3+. The Morgan fingerprint density at radius 1 is 0.846 bits per heavy atom. The first-order valence-electron chi connectivity index (χ1n) is 9.21. The van der Waals surface area contributed by atoms with Gasteiger partial charge in [0.2, 0.25) is 0 Å². The van der Waals surface area contributed by atoms with Crippen LogP contribution in [0.1, 0.15) is 16.7 Å². The van der Waals surface area contributed by atoms with Crippen LogP contribution in [0.15, 0.2) is 42.5 Å². The molecule has 1 saturated heterocycles. The topological polar surface area (TPSA) is 20.6 Å². The van der Waals surface area contributed by atoms with Crippen molar-refractivity contribution in [2.45, 2.75) is 20.8 Å². The molecular weight excluding hydrogens is 342 g/mol. The number of hydrogen-bond acceptors (Lipinski definition) is 2. The molecule has 3 nitrogen and oxygen atoms in total. The van der Waals surface area contributed by atoms with Crippen LogP contribution in [0.25, 0.3) is 10.9 Å². The fourth-order valence-corrected chi connectivity index (χ4v) is 4.03. The van der Waals surface area contributed by atoms with Crippen LogP contribution in [-0.4, -0.2) is 26.2 Å². The largest absolute Gasteiger partial charge is 0.363 e. The number of rotatable bonds is 2. The predicted octanol–water partition coefficient (Wildman–Crippen LogP) is 4.56. The molecule has 4 heteroatoms. The smallest absolute Gasteiger partial charge is 0.275 e. The molecule has 134 valence electrons. The number of fused-ring (bicyclic) bond motifs is 1. The maximum atomic E-state index is 6.18. The summed E-state index contributed by atoms with van der Waals surface area (Å²) >= 11 is 6.18. The maximum Gasteiger partial charge on any atom is 0.275 e. The summed E-state index contributed by atoms with van der Waals surface area (Å²) in [6.45, 7) is 10.7. The van der Waals surface area contributed by atoms with Gasteiger partial charge >= 0.3 is 0 Å². The molecule has 1 fully saturated rings. The number of aromatic nitrogens is 1. The second kappa shape index (κ2) is 6.81. The highest BCUT2D eigenvalue weighted by Crippen LogP contribution is 2.26. The van der Waals surface area contributed by atoms with Crippen molar-refractivity contribution >= 4 is 34.0 Å². The normalized spacial score (nSPS) is 14.9. The number of benzene rings is 2. The number of aromatic amines is 1. The lowest BCUT2D eigenvalue weighted by Gasteiger charge is -2.34. The molecule has 0 unspecified atom stereocenters. The summed E-state index contributed by atoms with van der Waals surface area (Å²) in [5.74, 6) is 1.18. The molecule has 0 atom stereocenters. The van der Waals surface area contributed by atoms with Crippen LogP contribution in [-0.2, 0) is 0 Å². The molecule has 0 spiro atoms. The standard InChI is InChI=1S/C22H24ClN3/c1-15-5-4-6-21(17(15)3)25-9-11-26(12-10-25)22-13-16(2)19-8-7-18(23)14-20(19)24-22/h4-8,13-14H,9-12H2,1-3H3/p+1. The first-order valence-corrected chi connectivity index (χ1v) is 9.59. The van der Waals surface area contributed by atoms with Gasteiger partial charge in [-0.3, -0.25) is 4.90 Å². The maximum absolute atomic E-state index is 6.18. The van der Waals surface area contributed by atoms with E-state index in [4.69, 9.17) is 11.6 Å². The van der Waals surface area contributed by atoms with Crippen LogP contribution < -0.4 is 14.8 Å². The zero-order chi connectivity index (χ0) is 18.3. The van der Waals surface area contributed by atoms with Crippen molar-refractivity contribution in [3.63, 3.8) is 0 Å². The van der Waals surface area contributed by atoms with E-state index in [2.05, 4.69) is 65.9 Å². The van der Waals surface area contributed by atoms with Crippen LogP contribution in [0, 0.1) is 20.8 Å². The first-order chi connectivity index (χ1) is 12.5. The van der Waals surface area contributed by atoms with E-state index in [0.29, 0.717) is 0 Å². The van der Waals surface area contributed by atoms with Gasteiger partial charge in [0.25, 0.3) is 5.82 Å². The van der Waals surface area contributed by atoms with Gasteiger partial charge in [-0.2, -0.15) is 0 Å². The Morgan fingerprint density at radius 3 is 2.35 bits per heavy atom. The van der Waals surface area contributed by atoms with E-state index in [0.717, 1.165) is 36.7 Å². The van der Waals surface area contributed by atoms with Crippen molar-refractivity contribution in [1.29, 1.82) is 0 Å². The summed E-state index contributed by atoms with van der Waals surface area (Å²) in [4.78, 5) is 8.52. The molecule has 2 aromatic carbocycles. The summed E-state index contributed by atoms with van der Waals surface area (Å²) in [5, 5.41) is 2.00. The Labute approximate surface area is 160 Å². The molecule has 1 N–H and O–H groups in total. The van der Waals surface area contributed by atoms with Crippen molar-refractivity contribution < 1.29 is 4.98 Å². The molecule has 0 radical (unpaired) electrons. The molecule has 1 aliphatic rings. The zero-order valence-electron chi connectivity index (χ0n) is 15.6. The van der Waals surface area contributed by atoms with E-state index in [1.54, 1.807) is 0 Å². The van der Waals surface area contributed by atoms with Crippen molar-refractivity contribution in [3.8, 4) is 0 Å². The number of anilines is 2. The van der Waals surface area contributed by atoms with E-state index in [9.17, 15) is 0 Å². The minimum Gasteiger partial charge on any atom is -0.363 e. The number of H-pyrrole nitrogens is 1. The minimum atomic E-state index is 0.769. The summed E-state index contributed by atoms with van der Waals surface area (Å²) in [5.41, 5.74) is 6.51. The molecule has 1 aliphatic heterocycles. The summed E-state index contributed by atoms with van der Waals surface area (Å²) in [7, 11) is 0. The van der Waals surface area contributed by atoms with E-state index in [1.165, 1.54) is 33.6 Å². The highest BCUT2D eigenvalue weighted by molar-refractivity contribution is 6.31. The fraction of sp³-hybridized carbons (Fsp3) is 0.318. The van der Waals surface area contributed by atoms with Gasteiger partial charge in [-0.05, 0) is 55.7 Å². The second-order valence-electron chi connectivity index (χ2n) is 7.22. The van der Waals surface area contributed by atoms with Gasteiger partial charge in [-0.25, -0.2) is 4.98 Å². The molecule has 0 bridgehead atoms. The third-order valence-corrected chi connectivity index (χ3v) is 5.79. The summed E-state index contributed by atoms with van der Waals surface area (Å²) in [6, 6.07) is 14.9. The number of nitrogens with one attached hydrogen (secondary N) is 1. The number of piperazine rings is 1. The average molecular weight is 367 g/mol. The number of aryl methyl sites for hydroxylation is 2. The number of halogens is 1. The summed E-state index contributed by atoms with van der Waals surface area (Å²) < 4.78 is 0. The SMILES string of the molecule is Cc1cccc(N2CCN(c3cc(C)c4ccc(Cl)cc4[nH+]3)CC2)c1C. The highest BCUT2D eigenvalue weighted by atomic mass is 35.5.